The standard InChI is InChI=1S/C14H20Cl2N2O3S/c1-14(2,3)17-12(19)8-9-18(22(4,20)21)13-10(15)6-5-7-11(13)16/h5-7H,8-9H2,1-4H3,(H,17,19). The number of hydrogen-bond acceptors (Lipinski definition) is 3. The van der Waals surface area contributed by atoms with Crippen LogP contribution >= 0.6 is 23.2 Å². The minimum atomic E-state index is -3.62. The molecule has 1 rings (SSSR count). The number of benzene rings is 1. The molecule has 0 fully saturated rings. The summed E-state index contributed by atoms with van der Waals surface area (Å²) in [5, 5.41) is 3.21. The zero-order valence-electron chi connectivity index (χ0n) is 13.0. The molecule has 5 nitrogen and oxygen atoms in total. The van der Waals surface area contributed by atoms with Gasteiger partial charge in [0.25, 0.3) is 0 Å². The first-order chi connectivity index (χ1) is 9.92. The second-order valence-corrected chi connectivity index (χ2v) is 8.67. The Labute approximate surface area is 141 Å². The Hall–Kier alpha value is -0.980. The number of nitrogens with one attached hydrogen (secondary N) is 1. The molecular formula is C14H20Cl2N2O3S. The van der Waals surface area contributed by atoms with Gasteiger partial charge in [0.15, 0.2) is 0 Å². The van der Waals surface area contributed by atoms with Gasteiger partial charge < -0.3 is 5.32 Å². The van der Waals surface area contributed by atoms with E-state index in [1.807, 2.05) is 20.8 Å². The average Bonchev–Trinajstić information content (AvgIpc) is 2.28. The third kappa shape index (κ3) is 5.66. The van der Waals surface area contributed by atoms with Gasteiger partial charge in [-0.1, -0.05) is 29.3 Å². The molecule has 0 saturated heterocycles. The Morgan fingerprint density at radius 1 is 1.23 bits per heavy atom. The molecule has 0 aliphatic rings. The molecule has 0 unspecified atom stereocenters. The third-order valence-corrected chi connectivity index (χ3v) is 4.42. The average molecular weight is 367 g/mol. The Morgan fingerprint density at radius 3 is 2.14 bits per heavy atom. The number of hydrogen-bond donors (Lipinski definition) is 1. The van der Waals surface area contributed by atoms with Crippen molar-refractivity contribution in [2.45, 2.75) is 32.7 Å². The van der Waals surface area contributed by atoms with Crippen LogP contribution in [-0.4, -0.2) is 32.7 Å². The van der Waals surface area contributed by atoms with Crippen molar-refractivity contribution in [1.82, 2.24) is 5.32 Å². The molecule has 0 aliphatic heterocycles. The van der Waals surface area contributed by atoms with E-state index in [0.29, 0.717) is 0 Å². The topological polar surface area (TPSA) is 66.5 Å². The van der Waals surface area contributed by atoms with Crippen molar-refractivity contribution in [1.29, 1.82) is 0 Å². The lowest BCUT2D eigenvalue weighted by Gasteiger charge is -2.25. The SMILES string of the molecule is CC(C)(C)NC(=O)CCN(c1c(Cl)cccc1Cl)S(C)(=O)=O. The molecule has 0 bridgehead atoms. The van der Waals surface area contributed by atoms with Crippen molar-refractivity contribution < 1.29 is 13.2 Å². The Morgan fingerprint density at radius 2 is 1.73 bits per heavy atom. The van der Waals surface area contributed by atoms with Crippen LogP contribution in [0, 0.1) is 0 Å². The van der Waals surface area contributed by atoms with Crippen molar-refractivity contribution in [3.8, 4) is 0 Å². The van der Waals surface area contributed by atoms with E-state index in [2.05, 4.69) is 5.32 Å². The van der Waals surface area contributed by atoms with E-state index in [1.165, 1.54) is 0 Å². The molecular weight excluding hydrogens is 347 g/mol. The molecule has 0 heterocycles. The van der Waals surface area contributed by atoms with E-state index in [0.717, 1.165) is 10.6 Å². The van der Waals surface area contributed by atoms with Gasteiger partial charge in [-0.2, -0.15) is 0 Å². The number of anilines is 1. The van der Waals surface area contributed by atoms with Gasteiger partial charge in [0.1, 0.15) is 0 Å². The summed E-state index contributed by atoms with van der Waals surface area (Å²) in [5.41, 5.74) is -0.188. The maximum atomic E-state index is 12.0. The molecule has 1 N–H and O–H groups in total. The van der Waals surface area contributed by atoms with Gasteiger partial charge in [0.2, 0.25) is 15.9 Å². The smallest absolute Gasteiger partial charge is 0.232 e. The maximum Gasteiger partial charge on any atom is 0.232 e. The number of halogens is 2. The fraction of sp³-hybridized carbons (Fsp3) is 0.500. The van der Waals surface area contributed by atoms with Gasteiger partial charge in [-0.15, -0.1) is 0 Å². The first-order valence-electron chi connectivity index (χ1n) is 6.64. The Bertz CT molecular complexity index is 634. The van der Waals surface area contributed by atoms with Crippen molar-refractivity contribution in [2.24, 2.45) is 0 Å². The van der Waals surface area contributed by atoms with Crippen LogP contribution in [0.1, 0.15) is 27.2 Å². The summed E-state index contributed by atoms with van der Waals surface area (Å²) < 4.78 is 25.1. The van der Waals surface area contributed by atoms with E-state index in [9.17, 15) is 13.2 Å². The van der Waals surface area contributed by atoms with E-state index < -0.39 is 10.0 Å². The number of amides is 1. The third-order valence-electron chi connectivity index (χ3n) is 2.64. The van der Waals surface area contributed by atoms with E-state index >= 15 is 0 Å². The van der Waals surface area contributed by atoms with Crippen molar-refractivity contribution in [3.05, 3.63) is 28.2 Å². The summed E-state index contributed by atoms with van der Waals surface area (Å²) >= 11 is 12.1. The first kappa shape index (κ1) is 19.1. The lowest BCUT2D eigenvalue weighted by molar-refractivity contribution is -0.122. The molecule has 1 aromatic carbocycles. The zero-order valence-corrected chi connectivity index (χ0v) is 15.3. The summed E-state index contributed by atoms with van der Waals surface area (Å²) in [5.74, 6) is -0.246. The highest BCUT2D eigenvalue weighted by atomic mass is 35.5. The van der Waals surface area contributed by atoms with Crippen LogP contribution in [0.5, 0.6) is 0 Å². The van der Waals surface area contributed by atoms with Gasteiger partial charge in [-0.05, 0) is 32.9 Å². The van der Waals surface area contributed by atoms with Crippen LogP contribution in [0.3, 0.4) is 0 Å². The highest BCUT2D eigenvalue weighted by molar-refractivity contribution is 7.92. The van der Waals surface area contributed by atoms with Crippen LogP contribution in [0.2, 0.25) is 10.0 Å². The van der Waals surface area contributed by atoms with Crippen LogP contribution < -0.4 is 9.62 Å². The molecule has 0 aliphatic carbocycles. The predicted octanol–water partition coefficient (Wildman–Crippen LogP) is 3.06. The summed E-state index contributed by atoms with van der Waals surface area (Å²) in [6.07, 6.45) is 1.06. The van der Waals surface area contributed by atoms with Gasteiger partial charge in [-0.3, -0.25) is 9.10 Å². The number of rotatable bonds is 5. The lowest BCUT2D eigenvalue weighted by atomic mass is 10.1. The predicted molar refractivity (Wildman–Crippen MR) is 91.2 cm³/mol. The van der Waals surface area contributed by atoms with Crippen molar-refractivity contribution in [3.63, 3.8) is 0 Å². The largest absolute Gasteiger partial charge is 0.351 e. The summed E-state index contributed by atoms with van der Waals surface area (Å²) in [6, 6.07) is 4.73. The number of para-hydroxylation sites is 1. The minimum absolute atomic E-state index is 0.00585. The molecule has 0 aromatic heterocycles. The summed E-state index contributed by atoms with van der Waals surface area (Å²) in [4.78, 5) is 11.9. The molecule has 22 heavy (non-hydrogen) atoms. The van der Waals surface area contributed by atoms with Gasteiger partial charge >= 0.3 is 0 Å². The normalized spacial score (nSPS) is 12.1. The van der Waals surface area contributed by atoms with Gasteiger partial charge in [0, 0.05) is 18.5 Å². The maximum absolute atomic E-state index is 12.0. The van der Waals surface area contributed by atoms with Gasteiger partial charge in [0.05, 0.1) is 22.0 Å². The van der Waals surface area contributed by atoms with E-state index in [-0.39, 0.29) is 40.1 Å². The second kappa shape index (κ2) is 7.06. The number of nitrogens with zero attached hydrogens (tertiary/aromatic N) is 1. The Kier molecular flexibility index (Phi) is 6.12. The van der Waals surface area contributed by atoms with Crippen molar-refractivity contribution >= 4 is 44.8 Å². The lowest BCUT2D eigenvalue weighted by Crippen LogP contribution is -2.42. The van der Waals surface area contributed by atoms with Crippen LogP contribution in [0.4, 0.5) is 5.69 Å². The van der Waals surface area contributed by atoms with Crippen molar-refractivity contribution in [2.75, 3.05) is 17.1 Å². The zero-order chi connectivity index (χ0) is 17.1. The fourth-order valence-corrected chi connectivity index (χ4v) is 3.51. The molecule has 1 amide bonds. The molecule has 8 heteroatoms. The quantitative estimate of drug-likeness (QED) is 0.870. The molecule has 1 aromatic rings. The highest BCUT2D eigenvalue weighted by Crippen LogP contribution is 2.34. The van der Waals surface area contributed by atoms with E-state index in [4.69, 9.17) is 23.2 Å². The molecule has 124 valence electrons. The first-order valence-corrected chi connectivity index (χ1v) is 9.25. The van der Waals surface area contributed by atoms with Gasteiger partial charge in [-0.25, -0.2) is 8.42 Å². The fourth-order valence-electron chi connectivity index (χ4n) is 1.85. The summed E-state index contributed by atoms with van der Waals surface area (Å²) in [7, 11) is -3.62. The highest BCUT2D eigenvalue weighted by Gasteiger charge is 2.24. The number of carbonyl (C=O) groups excluding carboxylic acids is 1. The number of sulfonamides is 1. The van der Waals surface area contributed by atoms with Crippen LogP contribution in [0.25, 0.3) is 0 Å². The second-order valence-electron chi connectivity index (χ2n) is 5.95. The molecule has 0 saturated carbocycles. The molecule has 0 atom stereocenters. The monoisotopic (exact) mass is 366 g/mol. The minimum Gasteiger partial charge on any atom is -0.351 e. The van der Waals surface area contributed by atoms with Crippen LogP contribution in [0.15, 0.2) is 18.2 Å². The van der Waals surface area contributed by atoms with E-state index in [1.54, 1.807) is 18.2 Å². The molecule has 0 radical (unpaired) electrons. The molecule has 0 spiro atoms. The number of carbonyl (C=O) groups is 1. The Balaban J connectivity index is 3.00. The van der Waals surface area contributed by atoms with Crippen LogP contribution in [-0.2, 0) is 14.8 Å². The summed E-state index contributed by atoms with van der Waals surface area (Å²) in [6.45, 7) is 5.52.